The lowest BCUT2D eigenvalue weighted by Crippen LogP contribution is -2.39. The number of piperidine rings is 1. The number of halogens is 3. The monoisotopic (exact) mass is 378 g/mol. The number of aromatic nitrogens is 1. The van der Waals surface area contributed by atoms with Gasteiger partial charge in [-0.2, -0.15) is 18.4 Å². The molecule has 3 heterocycles. The van der Waals surface area contributed by atoms with Crippen LogP contribution in [0.2, 0.25) is 0 Å². The predicted molar refractivity (Wildman–Crippen MR) is 96.6 cm³/mol. The van der Waals surface area contributed by atoms with E-state index in [0.717, 1.165) is 44.6 Å². The zero-order valence-corrected chi connectivity index (χ0v) is 14.7. The van der Waals surface area contributed by atoms with E-state index in [4.69, 9.17) is 5.41 Å². The fourth-order valence-corrected chi connectivity index (χ4v) is 3.16. The molecule has 2 saturated heterocycles. The first-order valence-corrected chi connectivity index (χ1v) is 8.89. The topological polar surface area (TPSA) is 87.8 Å². The average Bonchev–Trinajstić information content (AvgIpc) is 2.60. The number of rotatable bonds is 5. The van der Waals surface area contributed by atoms with Crippen LogP contribution in [0.5, 0.6) is 0 Å². The van der Waals surface area contributed by atoms with Gasteiger partial charge in [-0.3, -0.25) is 0 Å². The van der Waals surface area contributed by atoms with Gasteiger partial charge < -0.3 is 20.9 Å². The van der Waals surface area contributed by atoms with E-state index < -0.39 is 17.3 Å². The summed E-state index contributed by atoms with van der Waals surface area (Å²) in [5.74, 6) is 0.0446. The van der Waals surface area contributed by atoms with Crippen molar-refractivity contribution < 1.29 is 13.2 Å². The number of nitrogens with one attached hydrogen (secondary N) is 3. The van der Waals surface area contributed by atoms with Crippen LogP contribution in [0.3, 0.4) is 0 Å². The third kappa shape index (κ3) is 4.22. The fraction of sp³-hybridized carbons (Fsp3) is 0.500. The van der Waals surface area contributed by atoms with Gasteiger partial charge in [0.25, 0.3) is 0 Å². The van der Waals surface area contributed by atoms with Crippen LogP contribution >= 0.6 is 0 Å². The molecule has 0 unspecified atom stereocenters. The minimum Gasteiger partial charge on any atom is -0.387 e. The maximum Gasteiger partial charge on any atom is 0.417 e. The van der Waals surface area contributed by atoms with Crippen LogP contribution in [0.25, 0.3) is 5.57 Å². The third-order valence-electron chi connectivity index (χ3n) is 4.84. The van der Waals surface area contributed by atoms with Crippen molar-refractivity contribution in [3.63, 3.8) is 0 Å². The Balaban J connectivity index is 1.99. The van der Waals surface area contributed by atoms with E-state index in [2.05, 4.69) is 15.6 Å². The summed E-state index contributed by atoms with van der Waals surface area (Å²) in [4.78, 5) is 5.97. The van der Waals surface area contributed by atoms with Gasteiger partial charge in [0.1, 0.15) is 17.5 Å². The first-order chi connectivity index (χ1) is 12.9. The van der Waals surface area contributed by atoms with E-state index in [1.54, 1.807) is 17.2 Å². The molecule has 1 aromatic heterocycles. The molecule has 3 N–H and O–H groups in total. The van der Waals surface area contributed by atoms with E-state index in [1.165, 1.54) is 0 Å². The van der Waals surface area contributed by atoms with E-state index in [-0.39, 0.29) is 23.1 Å². The van der Waals surface area contributed by atoms with Crippen molar-refractivity contribution >= 4 is 17.6 Å². The van der Waals surface area contributed by atoms with Crippen molar-refractivity contribution in [1.29, 1.82) is 10.7 Å². The molecule has 0 amide bonds. The highest BCUT2D eigenvalue weighted by molar-refractivity contribution is 6.07. The Bertz CT molecular complexity index is 771. The van der Waals surface area contributed by atoms with Crippen LogP contribution in [-0.2, 0) is 6.18 Å². The van der Waals surface area contributed by atoms with Crippen molar-refractivity contribution in [3.8, 4) is 6.07 Å². The van der Waals surface area contributed by atoms with Gasteiger partial charge in [-0.25, -0.2) is 4.98 Å². The zero-order valence-electron chi connectivity index (χ0n) is 14.7. The first kappa shape index (κ1) is 19.2. The lowest BCUT2D eigenvalue weighted by molar-refractivity contribution is -0.137. The summed E-state index contributed by atoms with van der Waals surface area (Å²) in [6.45, 7) is 2.88. The van der Waals surface area contributed by atoms with Crippen LogP contribution in [0.1, 0.15) is 36.1 Å². The van der Waals surface area contributed by atoms with Crippen LogP contribution < -0.4 is 15.5 Å². The van der Waals surface area contributed by atoms with Gasteiger partial charge >= 0.3 is 6.18 Å². The summed E-state index contributed by atoms with van der Waals surface area (Å²) in [5, 5.41) is 23.3. The van der Waals surface area contributed by atoms with Gasteiger partial charge in [0.05, 0.1) is 11.3 Å². The minimum atomic E-state index is -4.67. The normalized spacial score (nSPS) is 18.6. The number of alkyl halides is 3. The number of pyridine rings is 1. The first-order valence-electron chi connectivity index (χ1n) is 8.89. The van der Waals surface area contributed by atoms with Gasteiger partial charge in [0.2, 0.25) is 0 Å². The molecular formula is C18H21F3N6. The maximum atomic E-state index is 13.5. The Morgan fingerprint density at radius 3 is 2.59 bits per heavy atom. The zero-order chi connectivity index (χ0) is 19.4. The number of nitrogens with zero attached hydrogens (tertiary/aromatic N) is 3. The predicted octanol–water partition coefficient (Wildman–Crippen LogP) is 2.51. The lowest BCUT2D eigenvalue weighted by atomic mass is 10.0. The Hall–Kier alpha value is -2.60. The molecule has 0 aromatic carbocycles. The summed E-state index contributed by atoms with van der Waals surface area (Å²) < 4.78 is 40.6. The number of nitriles is 1. The van der Waals surface area contributed by atoms with E-state index >= 15 is 0 Å². The smallest absolute Gasteiger partial charge is 0.387 e. The second-order valence-electron chi connectivity index (χ2n) is 6.64. The summed E-state index contributed by atoms with van der Waals surface area (Å²) >= 11 is 0. The lowest BCUT2D eigenvalue weighted by Gasteiger charge is -2.33. The SMILES string of the molecule is N#Cc1c(C(F)(F)F)cc(/C(C=N)=C/NC2CCNCC2)nc1N1CCC1. The van der Waals surface area contributed by atoms with E-state index in [0.29, 0.717) is 13.1 Å². The van der Waals surface area contributed by atoms with Crippen molar-refractivity contribution in [2.45, 2.75) is 31.5 Å². The van der Waals surface area contributed by atoms with Crippen molar-refractivity contribution in [2.24, 2.45) is 0 Å². The number of hydrogen-bond donors (Lipinski definition) is 3. The summed E-state index contributed by atoms with van der Waals surface area (Å²) in [7, 11) is 0. The maximum absolute atomic E-state index is 13.5. The Morgan fingerprint density at radius 2 is 2.07 bits per heavy atom. The molecule has 2 aliphatic heterocycles. The number of allylic oxidation sites excluding steroid dienone is 1. The van der Waals surface area contributed by atoms with Crippen molar-refractivity contribution in [2.75, 3.05) is 31.1 Å². The second-order valence-corrected chi connectivity index (χ2v) is 6.64. The minimum absolute atomic E-state index is 0.0414. The Labute approximate surface area is 155 Å². The molecule has 0 bridgehead atoms. The van der Waals surface area contributed by atoms with Gasteiger partial charge in [0.15, 0.2) is 0 Å². The molecule has 144 valence electrons. The highest BCUT2D eigenvalue weighted by Crippen LogP contribution is 2.37. The molecule has 6 nitrogen and oxygen atoms in total. The Kier molecular flexibility index (Phi) is 5.65. The number of anilines is 1. The molecule has 9 heteroatoms. The standard InChI is InChI=1S/C18H21F3N6/c19-18(20,21)15-8-16(26-17(14(15)10-23)27-6-1-7-27)12(9-22)11-25-13-2-4-24-5-3-13/h8-9,11,13,22,24-25H,1-7H2/b12-11+,22-9?. The molecule has 3 rings (SSSR count). The molecule has 27 heavy (non-hydrogen) atoms. The molecule has 2 aliphatic rings. The third-order valence-corrected chi connectivity index (χ3v) is 4.84. The van der Waals surface area contributed by atoms with Gasteiger partial charge in [-0.1, -0.05) is 0 Å². The van der Waals surface area contributed by atoms with Crippen LogP contribution in [0.15, 0.2) is 12.3 Å². The second kappa shape index (κ2) is 7.96. The molecule has 0 spiro atoms. The van der Waals surface area contributed by atoms with Crippen LogP contribution in [0, 0.1) is 16.7 Å². The fourth-order valence-electron chi connectivity index (χ4n) is 3.16. The Morgan fingerprint density at radius 1 is 1.37 bits per heavy atom. The summed E-state index contributed by atoms with van der Waals surface area (Å²) in [6.07, 6.45) is 0.519. The molecule has 0 atom stereocenters. The van der Waals surface area contributed by atoms with Crippen molar-refractivity contribution in [3.05, 3.63) is 29.1 Å². The number of hydrogen-bond acceptors (Lipinski definition) is 6. The van der Waals surface area contributed by atoms with Crippen LogP contribution in [-0.4, -0.2) is 43.4 Å². The van der Waals surface area contributed by atoms with Gasteiger partial charge in [0, 0.05) is 37.1 Å². The average molecular weight is 378 g/mol. The molecule has 0 radical (unpaired) electrons. The van der Waals surface area contributed by atoms with Gasteiger partial charge in [-0.15, -0.1) is 0 Å². The molecule has 0 aliphatic carbocycles. The summed E-state index contributed by atoms with van der Waals surface area (Å²) in [5.41, 5.74) is -1.17. The van der Waals surface area contributed by atoms with Gasteiger partial charge in [-0.05, 0) is 38.4 Å². The van der Waals surface area contributed by atoms with Crippen LogP contribution in [0.4, 0.5) is 19.0 Å². The quantitative estimate of drug-likeness (QED) is 0.686. The highest BCUT2D eigenvalue weighted by atomic mass is 19.4. The molecule has 1 aromatic rings. The largest absolute Gasteiger partial charge is 0.417 e. The molecular weight excluding hydrogens is 357 g/mol. The van der Waals surface area contributed by atoms with E-state index in [1.807, 2.05) is 0 Å². The molecule has 0 saturated carbocycles. The summed E-state index contributed by atoms with van der Waals surface area (Å²) in [6, 6.07) is 2.73. The van der Waals surface area contributed by atoms with Crippen molar-refractivity contribution in [1.82, 2.24) is 15.6 Å². The molecule has 2 fully saturated rings. The van der Waals surface area contributed by atoms with E-state index in [9.17, 15) is 18.4 Å². The highest BCUT2D eigenvalue weighted by Gasteiger charge is 2.37.